The van der Waals surface area contributed by atoms with Crippen molar-refractivity contribution in [2.45, 2.75) is 32.8 Å². The number of aromatic nitrogens is 2. The summed E-state index contributed by atoms with van der Waals surface area (Å²) in [6.45, 7) is 5.07. The highest BCUT2D eigenvalue weighted by Crippen LogP contribution is 2.20. The maximum atomic E-state index is 5.32. The highest BCUT2D eigenvalue weighted by molar-refractivity contribution is 5.62. The van der Waals surface area contributed by atoms with E-state index in [1.807, 2.05) is 31.2 Å². The lowest BCUT2D eigenvalue weighted by atomic mass is 10.1. The molecule has 0 aliphatic rings. The van der Waals surface area contributed by atoms with Crippen LogP contribution < -0.4 is 5.32 Å². The maximum absolute atomic E-state index is 5.32. The third-order valence-electron chi connectivity index (χ3n) is 3.27. The summed E-state index contributed by atoms with van der Waals surface area (Å²) in [6, 6.07) is 12.2. The summed E-state index contributed by atoms with van der Waals surface area (Å²) in [4.78, 5) is 9.25. The Morgan fingerprint density at radius 3 is 2.62 bits per heavy atom. The standard InChI is InChI=1S/C17H23N3O/c1-4-10-18-16-12-15(14-8-6-5-7-9-14)19-17(20-16)11-13(2)21-3/h5-9,12-13H,4,10-11H2,1-3H3,(H,18,19,20). The van der Waals surface area contributed by atoms with Gasteiger partial charge >= 0.3 is 0 Å². The molecule has 0 amide bonds. The first-order chi connectivity index (χ1) is 10.2. The highest BCUT2D eigenvalue weighted by atomic mass is 16.5. The summed E-state index contributed by atoms with van der Waals surface area (Å²) in [6.07, 6.45) is 1.88. The summed E-state index contributed by atoms with van der Waals surface area (Å²) in [5.74, 6) is 1.69. The first-order valence-corrected chi connectivity index (χ1v) is 7.43. The number of rotatable bonds is 7. The van der Waals surface area contributed by atoms with Gasteiger partial charge in [-0.05, 0) is 13.3 Å². The summed E-state index contributed by atoms with van der Waals surface area (Å²) in [7, 11) is 1.71. The summed E-state index contributed by atoms with van der Waals surface area (Å²) in [5.41, 5.74) is 2.05. The Hall–Kier alpha value is -1.94. The lowest BCUT2D eigenvalue weighted by Crippen LogP contribution is -2.13. The van der Waals surface area contributed by atoms with Crippen LogP contribution in [0.3, 0.4) is 0 Å². The second-order valence-electron chi connectivity index (χ2n) is 5.10. The first kappa shape index (κ1) is 15.4. The average molecular weight is 285 g/mol. The molecule has 0 spiro atoms. The molecule has 1 atom stereocenters. The topological polar surface area (TPSA) is 47.0 Å². The average Bonchev–Trinajstić information content (AvgIpc) is 2.53. The van der Waals surface area contributed by atoms with Crippen molar-refractivity contribution in [3.63, 3.8) is 0 Å². The van der Waals surface area contributed by atoms with Crippen molar-refractivity contribution < 1.29 is 4.74 Å². The molecular formula is C17H23N3O. The number of anilines is 1. The number of hydrogen-bond acceptors (Lipinski definition) is 4. The van der Waals surface area contributed by atoms with Gasteiger partial charge in [-0.1, -0.05) is 37.3 Å². The second-order valence-corrected chi connectivity index (χ2v) is 5.10. The molecule has 1 aromatic carbocycles. The van der Waals surface area contributed by atoms with Crippen molar-refractivity contribution in [1.29, 1.82) is 0 Å². The Balaban J connectivity index is 2.32. The predicted octanol–water partition coefficient (Wildman–Crippen LogP) is 3.54. The van der Waals surface area contributed by atoms with Crippen LogP contribution in [-0.4, -0.2) is 29.7 Å². The molecule has 0 radical (unpaired) electrons. The van der Waals surface area contributed by atoms with Crippen LogP contribution in [0.25, 0.3) is 11.3 Å². The van der Waals surface area contributed by atoms with Gasteiger partial charge in [0, 0.05) is 31.7 Å². The van der Waals surface area contributed by atoms with Crippen LogP contribution in [0.1, 0.15) is 26.1 Å². The lowest BCUT2D eigenvalue weighted by Gasteiger charge is -2.12. The van der Waals surface area contributed by atoms with Crippen LogP contribution in [-0.2, 0) is 11.2 Å². The lowest BCUT2D eigenvalue weighted by molar-refractivity contribution is 0.117. The Morgan fingerprint density at radius 2 is 1.95 bits per heavy atom. The van der Waals surface area contributed by atoms with Gasteiger partial charge in [-0.3, -0.25) is 0 Å². The quantitative estimate of drug-likeness (QED) is 0.845. The van der Waals surface area contributed by atoms with Crippen molar-refractivity contribution >= 4 is 5.82 Å². The molecule has 2 aromatic rings. The summed E-state index contributed by atoms with van der Waals surface area (Å²) >= 11 is 0. The molecular weight excluding hydrogens is 262 g/mol. The zero-order valence-electron chi connectivity index (χ0n) is 13.0. The van der Waals surface area contributed by atoms with Gasteiger partial charge in [0.15, 0.2) is 0 Å². The van der Waals surface area contributed by atoms with Crippen molar-refractivity contribution in [1.82, 2.24) is 9.97 Å². The predicted molar refractivity (Wildman–Crippen MR) is 86.4 cm³/mol. The fourth-order valence-electron chi connectivity index (χ4n) is 2.03. The van der Waals surface area contributed by atoms with E-state index in [0.717, 1.165) is 35.9 Å². The fraction of sp³-hybridized carbons (Fsp3) is 0.412. The second kappa shape index (κ2) is 7.74. The minimum Gasteiger partial charge on any atom is -0.381 e. The molecule has 1 N–H and O–H groups in total. The molecule has 0 saturated carbocycles. The molecule has 0 aliphatic heterocycles. The van der Waals surface area contributed by atoms with Gasteiger partial charge in [-0.15, -0.1) is 0 Å². The van der Waals surface area contributed by atoms with E-state index >= 15 is 0 Å². The molecule has 0 bridgehead atoms. The van der Waals surface area contributed by atoms with E-state index in [2.05, 4.69) is 34.3 Å². The molecule has 4 nitrogen and oxygen atoms in total. The summed E-state index contributed by atoms with van der Waals surface area (Å²) in [5, 5.41) is 3.34. The number of methoxy groups -OCH3 is 1. The number of hydrogen-bond donors (Lipinski definition) is 1. The van der Waals surface area contributed by atoms with Gasteiger partial charge in [0.2, 0.25) is 0 Å². The smallest absolute Gasteiger partial charge is 0.133 e. The molecule has 4 heteroatoms. The van der Waals surface area contributed by atoms with Crippen LogP contribution >= 0.6 is 0 Å². The maximum Gasteiger partial charge on any atom is 0.133 e. The van der Waals surface area contributed by atoms with Gasteiger partial charge in [-0.25, -0.2) is 9.97 Å². The zero-order valence-corrected chi connectivity index (χ0v) is 13.0. The number of ether oxygens (including phenoxy) is 1. The molecule has 1 aromatic heterocycles. The SMILES string of the molecule is CCCNc1cc(-c2ccccc2)nc(CC(C)OC)n1. The monoisotopic (exact) mass is 285 g/mol. The molecule has 0 aliphatic carbocycles. The van der Waals surface area contributed by atoms with Gasteiger partial charge in [-0.2, -0.15) is 0 Å². The van der Waals surface area contributed by atoms with Crippen LogP contribution in [0.4, 0.5) is 5.82 Å². The molecule has 1 unspecified atom stereocenters. The van der Waals surface area contributed by atoms with Gasteiger partial charge in [0.25, 0.3) is 0 Å². The van der Waals surface area contributed by atoms with Gasteiger partial charge < -0.3 is 10.1 Å². The third kappa shape index (κ3) is 4.53. The van der Waals surface area contributed by atoms with Crippen molar-refractivity contribution in [2.75, 3.05) is 19.0 Å². The zero-order chi connectivity index (χ0) is 15.1. The van der Waals surface area contributed by atoms with E-state index < -0.39 is 0 Å². The molecule has 2 rings (SSSR count). The Bertz CT molecular complexity index is 557. The normalized spacial score (nSPS) is 12.1. The molecule has 21 heavy (non-hydrogen) atoms. The van der Waals surface area contributed by atoms with Crippen molar-refractivity contribution in [3.8, 4) is 11.3 Å². The fourth-order valence-corrected chi connectivity index (χ4v) is 2.03. The van der Waals surface area contributed by atoms with Crippen LogP contribution in [0.5, 0.6) is 0 Å². The highest BCUT2D eigenvalue weighted by Gasteiger charge is 2.09. The largest absolute Gasteiger partial charge is 0.381 e. The molecule has 1 heterocycles. The van der Waals surface area contributed by atoms with Crippen LogP contribution in [0.15, 0.2) is 36.4 Å². The number of nitrogens with one attached hydrogen (secondary N) is 1. The van der Waals surface area contributed by atoms with Gasteiger partial charge in [0.1, 0.15) is 11.6 Å². The van der Waals surface area contributed by atoms with E-state index in [0.29, 0.717) is 6.42 Å². The third-order valence-corrected chi connectivity index (χ3v) is 3.27. The summed E-state index contributed by atoms with van der Waals surface area (Å²) < 4.78 is 5.32. The Kier molecular flexibility index (Phi) is 5.69. The molecule has 0 fully saturated rings. The van der Waals surface area contributed by atoms with E-state index in [1.54, 1.807) is 7.11 Å². The molecule has 112 valence electrons. The Morgan fingerprint density at radius 1 is 1.19 bits per heavy atom. The first-order valence-electron chi connectivity index (χ1n) is 7.43. The van der Waals surface area contributed by atoms with E-state index in [-0.39, 0.29) is 6.10 Å². The number of benzene rings is 1. The minimum atomic E-state index is 0.107. The Labute approximate surface area is 126 Å². The molecule has 0 saturated heterocycles. The minimum absolute atomic E-state index is 0.107. The van der Waals surface area contributed by atoms with E-state index in [1.165, 1.54) is 0 Å². The van der Waals surface area contributed by atoms with Gasteiger partial charge in [0.05, 0.1) is 11.8 Å². The van der Waals surface area contributed by atoms with Crippen molar-refractivity contribution in [2.24, 2.45) is 0 Å². The van der Waals surface area contributed by atoms with E-state index in [9.17, 15) is 0 Å². The van der Waals surface area contributed by atoms with Crippen molar-refractivity contribution in [3.05, 3.63) is 42.2 Å². The number of nitrogens with zero attached hydrogens (tertiary/aromatic N) is 2. The van der Waals surface area contributed by atoms with Crippen LogP contribution in [0.2, 0.25) is 0 Å². The van der Waals surface area contributed by atoms with E-state index in [4.69, 9.17) is 4.74 Å². The van der Waals surface area contributed by atoms with Crippen LogP contribution in [0, 0.1) is 0 Å².